The van der Waals surface area contributed by atoms with Crippen LogP contribution in [0.4, 0.5) is 0 Å². The number of aromatic nitrogens is 3. The molecule has 0 fully saturated rings. The van der Waals surface area contributed by atoms with Gasteiger partial charge in [-0.15, -0.1) is 10.2 Å². The SMILES string of the molecule is CCn1c(S/C(=C\c2ccc(OCc3cccc(C(=O)O)c3)c(OC)c2)C(=O)O)nnc1-c1cc(OC)cc(OC)c1. The molecule has 0 radical (unpaired) electrons. The predicted octanol–water partition coefficient (Wildman–Crippen LogP) is 5.49. The summed E-state index contributed by atoms with van der Waals surface area (Å²) in [7, 11) is 4.59. The second-order valence-corrected chi connectivity index (χ2v) is 9.78. The van der Waals surface area contributed by atoms with Gasteiger partial charge in [0.15, 0.2) is 22.5 Å². The highest BCUT2D eigenvalue weighted by molar-refractivity contribution is 8.04. The molecule has 11 nitrogen and oxygen atoms in total. The van der Waals surface area contributed by atoms with Gasteiger partial charge in [0, 0.05) is 18.2 Å². The number of nitrogens with zero attached hydrogens (tertiary/aromatic N) is 3. The van der Waals surface area contributed by atoms with Gasteiger partial charge in [0.1, 0.15) is 23.0 Å². The molecule has 0 amide bonds. The fourth-order valence-corrected chi connectivity index (χ4v) is 4.92. The lowest BCUT2D eigenvalue weighted by Gasteiger charge is -2.12. The molecule has 0 saturated carbocycles. The Morgan fingerprint density at radius 1 is 0.905 bits per heavy atom. The van der Waals surface area contributed by atoms with E-state index in [9.17, 15) is 19.8 Å². The number of ether oxygens (including phenoxy) is 4. The summed E-state index contributed by atoms with van der Waals surface area (Å²) in [6.07, 6.45) is 1.51. The first-order valence-corrected chi connectivity index (χ1v) is 13.5. The summed E-state index contributed by atoms with van der Waals surface area (Å²) in [6.45, 7) is 2.53. The van der Waals surface area contributed by atoms with Crippen molar-refractivity contribution in [1.29, 1.82) is 0 Å². The first-order valence-electron chi connectivity index (χ1n) is 12.7. The van der Waals surface area contributed by atoms with Crippen LogP contribution in [0.3, 0.4) is 0 Å². The summed E-state index contributed by atoms with van der Waals surface area (Å²) in [4.78, 5) is 23.5. The van der Waals surface area contributed by atoms with Crippen molar-refractivity contribution in [2.24, 2.45) is 0 Å². The third kappa shape index (κ3) is 7.02. The number of hydrogen-bond donors (Lipinski definition) is 2. The molecule has 0 bridgehead atoms. The molecule has 4 rings (SSSR count). The van der Waals surface area contributed by atoms with Crippen LogP contribution in [0, 0.1) is 0 Å². The van der Waals surface area contributed by atoms with Gasteiger partial charge in [-0.05, 0) is 72.3 Å². The highest BCUT2D eigenvalue weighted by atomic mass is 32.2. The van der Waals surface area contributed by atoms with Gasteiger partial charge in [0.25, 0.3) is 0 Å². The van der Waals surface area contributed by atoms with Crippen molar-refractivity contribution in [3.8, 4) is 34.4 Å². The Morgan fingerprint density at radius 2 is 1.64 bits per heavy atom. The van der Waals surface area contributed by atoms with Crippen LogP contribution in [0.1, 0.15) is 28.4 Å². The minimum absolute atomic E-state index is 0.0214. The number of carboxylic acids is 2. The zero-order chi connectivity index (χ0) is 30.2. The highest BCUT2D eigenvalue weighted by Gasteiger charge is 2.20. The first kappa shape index (κ1) is 30.0. The second-order valence-electron chi connectivity index (χ2n) is 8.77. The van der Waals surface area contributed by atoms with E-state index < -0.39 is 11.9 Å². The molecule has 3 aromatic carbocycles. The van der Waals surface area contributed by atoms with Gasteiger partial charge in [0.2, 0.25) is 0 Å². The molecule has 1 aromatic heterocycles. The lowest BCUT2D eigenvalue weighted by molar-refractivity contribution is -0.131. The minimum atomic E-state index is -1.13. The summed E-state index contributed by atoms with van der Waals surface area (Å²) < 4.78 is 23.9. The van der Waals surface area contributed by atoms with Gasteiger partial charge in [-0.2, -0.15) is 0 Å². The molecule has 0 spiro atoms. The number of carbonyl (C=O) groups is 2. The average Bonchev–Trinajstić information content (AvgIpc) is 3.42. The number of thioether (sulfide) groups is 1. The van der Waals surface area contributed by atoms with Crippen LogP contribution >= 0.6 is 11.8 Å². The Balaban J connectivity index is 1.58. The molecule has 2 N–H and O–H groups in total. The van der Waals surface area contributed by atoms with E-state index in [-0.39, 0.29) is 17.1 Å². The van der Waals surface area contributed by atoms with Crippen molar-refractivity contribution in [2.75, 3.05) is 21.3 Å². The van der Waals surface area contributed by atoms with Gasteiger partial charge >= 0.3 is 11.9 Å². The van der Waals surface area contributed by atoms with E-state index in [0.717, 1.165) is 11.8 Å². The van der Waals surface area contributed by atoms with Crippen molar-refractivity contribution in [1.82, 2.24) is 14.8 Å². The Hall–Kier alpha value is -4.97. The summed E-state index contributed by atoms with van der Waals surface area (Å²) in [5.41, 5.74) is 2.12. The molecule has 0 saturated heterocycles. The second kappa shape index (κ2) is 13.6. The molecule has 12 heteroatoms. The highest BCUT2D eigenvalue weighted by Crippen LogP contribution is 2.35. The molecular weight excluding hydrogens is 562 g/mol. The monoisotopic (exact) mass is 591 g/mol. The average molecular weight is 592 g/mol. The van der Waals surface area contributed by atoms with Crippen molar-refractivity contribution in [3.63, 3.8) is 0 Å². The Kier molecular flexibility index (Phi) is 9.71. The van der Waals surface area contributed by atoms with E-state index >= 15 is 0 Å². The van der Waals surface area contributed by atoms with Crippen LogP contribution in [0.2, 0.25) is 0 Å². The summed E-state index contributed by atoms with van der Waals surface area (Å²) in [6, 6.07) is 16.8. The zero-order valence-electron chi connectivity index (χ0n) is 23.4. The molecule has 218 valence electrons. The molecule has 0 unspecified atom stereocenters. The molecule has 1 heterocycles. The quantitative estimate of drug-likeness (QED) is 0.151. The number of rotatable bonds is 13. The normalized spacial score (nSPS) is 11.2. The number of hydrogen-bond acceptors (Lipinski definition) is 9. The maximum Gasteiger partial charge on any atom is 0.342 e. The van der Waals surface area contributed by atoms with Crippen LogP contribution in [-0.2, 0) is 17.9 Å². The lowest BCUT2D eigenvalue weighted by Crippen LogP contribution is -2.03. The van der Waals surface area contributed by atoms with Gasteiger partial charge in [0.05, 0.1) is 26.9 Å². The van der Waals surface area contributed by atoms with E-state index in [2.05, 4.69) is 10.2 Å². The van der Waals surface area contributed by atoms with Crippen LogP contribution < -0.4 is 18.9 Å². The van der Waals surface area contributed by atoms with Crippen molar-refractivity contribution >= 4 is 29.8 Å². The zero-order valence-corrected chi connectivity index (χ0v) is 24.2. The van der Waals surface area contributed by atoms with Gasteiger partial charge in [-0.1, -0.05) is 18.2 Å². The molecule has 4 aromatic rings. The van der Waals surface area contributed by atoms with E-state index in [1.165, 1.54) is 25.3 Å². The lowest BCUT2D eigenvalue weighted by atomic mass is 10.1. The van der Waals surface area contributed by atoms with Crippen LogP contribution in [0.5, 0.6) is 23.0 Å². The Morgan fingerprint density at radius 3 is 2.26 bits per heavy atom. The standard InChI is InChI=1S/C30H29N3O8S/c1-5-33-27(21-14-22(38-2)16-23(15-21)39-3)31-32-30(33)42-26(29(36)37)13-18-9-10-24(25(12-18)40-4)41-17-19-7-6-8-20(11-19)28(34)35/h6-16H,5,17H2,1-4H3,(H,34,35)(H,36,37)/b26-13-. The fourth-order valence-electron chi connectivity index (χ4n) is 4.03. The van der Waals surface area contributed by atoms with Crippen molar-refractivity contribution in [2.45, 2.75) is 25.2 Å². The molecular formula is C30H29N3O8S. The minimum Gasteiger partial charge on any atom is -0.497 e. The fraction of sp³-hybridized carbons (Fsp3) is 0.200. The number of aliphatic carboxylic acids is 1. The number of aromatic carboxylic acids is 1. The molecule has 0 aliphatic heterocycles. The molecule has 0 aliphatic carbocycles. The van der Waals surface area contributed by atoms with Gasteiger partial charge < -0.3 is 33.7 Å². The molecule has 0 aliphatic rings. The van der Waals surface area contributed by atoms with E-state index in [0.29, 0.717) is 57.2 Å². The molecule has 42 heavy (non-hydrogen) atoms. The molecule has 0 atom stereocenters. The Labute approximate surface area is 246 Å². The summed E-state index contributed by atoms with van der Waals surface area (Å²) >= 11 is 0.975. The van der Waals surface area contributed by atoms with E-state index in [1.54, 1.807) is 62.8 Å². The van der Waals surface area contributed by atoms with Crippen LogP contribution in [-0.4, -0.2) is 58.2 Å². The van der Waals surface area contributed by atoms with Gasteiger partial charge in [-0.3, -0.25) is 0 Å². The Bertz CT molecular complexity index is 1610. The third-order valence-electron chi connectivity index (χ3n) is 6.11. The van der Waals surface area contributed by atoms with Gasteiger partial charge in [-0.25, -0.2) is 9.59 Å². The third-order valence-corrected chi connectivity index (χ3v) is 7.11. The van der Waals surface area contributed by atoms with Crippen molar-refractivity contribution in [3.05, 3.63) is 82.3 Å². The van der Waals surface area contributed by atoms with E-state index in [1.807, 2.05) is 11.5 Å². The largest absolute Gasteiger partial charge is 0.497 e. The van der Waals surface area contributed by atoms with Crippen LogP contribution in [0.25, 0.3) is 17.5 Å². The topological polar surface area (TPSA) is 142 Å². The maximum atomic E-state index is 12.2. The van der Waals surface area contributed by atoms with Crippen molar-refractivity contribution < 1.29 is 38.7 Å². The number of methoxy groups -OCH3 is 3. The first-order chi connectivity index (χ1) is 20.3. The predicted molar refractivity (Wildman–Crippen MR) is 156 cm³/mol. The number of benzene rings is 3. The maximum absolute atomic E-state index is 12.2. The smallest absolute Gasteiger partial charge is 0.342 e. The number of carboxylic acid groups (broad SMARTS) is 2. The summed E-state index contributed by atoms with van der Waals surface area (Å²) in [5.74, 6) is 0.372. The van der Waals surface area contributed by atoms with E-state index in [4.69, 9.17) is 18.9 Å². The summed E-state index contributed by atoms with van der Waals surface area (Å²) in [5, 5.41) is 28.2. The van der Waals surface area contributed by atoms with Crippen LogP contribution in [0.15, 0.2) is 70.7 Å².